The maximum atomic E-state index is 12.5. The van der Waals surface area contributed by atoms with Crippen molar-refractivity contribution in [2.45, 2.75) is 4.90 Å². The molecule has 0 fully saturated rings. The zero-order valence-electron chi connectivity index (χ0n) is 11.6. The third-order valence-corrected chi connectivity index (χ3v) is 5.21. The van der Waals surface area contributed by atoms with Gasteiger partial charge in [-0.25, -0.2) is 17.5 Å². The van der Waals surface area contributed by atoms with Gasteiger partial charge in [0.2, 0.25) is 10.0 Å². The number of hydrogen-bond donors (Lipinski definition) is 1. The predicted molar refractivity (Wildman–Crippen MR) is 80.4 cm³/mol. The Morgan fingerprint density at radius 2 is 2.10 bits per heavy atom. The Hall–Kier alpha value is -1.25. The molecule has 0 aromatic heterocycles. The second-order valence-corrected chi connectivity index (χ2v) is 7.07. The van der Waals surface area contributed by atoms with E-state index in [1.807, 2.05) is 6.26 Å². The summed E-state index contributed by atoms with van der Waals surface area (Å²) in [5, 5.41) is 0. The van der Waals surface area contributed by atoms with E-state index in [0.29, 0.717) is 18.0 Å². The summed E-state index contributed by atoms with van der Waals surface area (Å²) < 4.78 is 30.7. The summed E-state index contributed by atoms with van der Waals surface area (Å²) in [4.78, 5) is 11.6. The minimum absolute atomic E-state index is 0.0523. The highest BCUT2D eigenvalue weighted by molar-refractivity contribution is 7.98. The fourth-order valence-electron chi connectivity index (χ4n) is 1.55. The first kappa shape index (κ1) is 16.8. The zero-order valence-corrected chi connectivity index (χ0v) is 13.3. The van der Waals surface area contributed by atoms with Gasteiger partial charge in [0.15, 0.2) is 0 Å². The summed E-state index contributed by atoms with van der Waals surface area (Å²) in [7, 11) is -1.08. The Kier molecular flexibility index (Phi) is 5.85. The van der Waals surface area contributed by atoms with Crippen LogP contribution in [0.25, 0.3) is 0 Å². The van der Waals surface area contributed by atoms with Gasteiger partial charge in [-0.3, -0.25) is 0 Å². The van der Waals surface area contributed by atoms with E-state index in [1.54, 1.807) is 11.8 Å². The molecule has 0 spiro atoms. The van der Waals surface area contributed by atoms with Gasteiger partial charge in [0.1, 0.15) is 0 Å². The lowest BCUT2D eigenvalue weighted by atomic mass is 10.2. The van der Waals surface area contributed by atoms with E-state index < -0.39 is 16.0 Å². The summed E-state index contributed by atoms with van der Waals surface area (Å²) >= 11 is 1.54. The molecule has 0 aliphatic carbocycles. The van der Waals surface area contributed by atoms with Crippen LogP contribution >= 0.6 is 11.8 Å². The van der Waals surface area contributed by atoms with Gasteiger partial charge in [-0.15, -0.1) is 0 Å². The number of methoxy groups -OCH3 is 1. The van der Waals surface area contributed by atoms with Crippen LogP contribution in [0.2, 0.25) is 0 Å². The molecule has 1 aromatic rings. The SMILES string of the molecule is COC(=O)c1cc(N)ccc1S(=O)(=O)N(C)CCSC. The van der Waals surface area contributed by atoms with E-state index in [-0.39, 0.29) is 10.5 Å². The van der Waals surface area contributed by atoms with Gasteiger partial charge in [-0.05, 0) is 24.5 Å². The van der Waals surface area contributed by atoms with Crippen LogP contribution in [0.1, 0.15) is 10.4 Å². The van der Waals surface area contributed by atoms with Crippen molar-refractivity contribution in [1.29, 1.82) is 0 Å². The zero-order chi connectivity index (χ0) is 15.3. The van der Waals surface area contributed by atoms with E-state index >= 15 is 0 Å². The van der Waals surface area contributed by atoms with Crippen LogP contribution in [0.4, 0.5) is 5.69 Å². The summed E-state index contributed by atoms with van der Waals surface area (Å²) in [5.74, 6) is -0.0627. The number of nitrogens with zero attached hydrogens (tertiary/aromatic N) is 1. The standard InChI is InChI=1S/C12H18N2O4S2/c1-14(6-7-19-3)20(16,17)11-5-4-9(13)8-10(11)12(15)18-2/h4-5,8H,6-7,13H2,1-3H3. The van der Waals surface area contributed by atoms with Crippen molar-refractivity contribution in [3.8, 4) is 0 Å². The largest absolute Gasteiger partial charge is 0.465 e. The van der Waals surface area contributed by atoms with Crippen molar-refractivity contribution in [2.24, 2.45) is 0 Å². The lowest BCUT2D eigenvalue weighted by Gasteiger charge is -2.18. The summed E-state index contributed by atoms with van der Waals surface area (Å²) in [6.45, 7) is 0.356. The molecule has 8 heteroatoms. The number of rotatable bonds is 6. The van der Waals surface area contributed by atoms with Crippen molar-refractivity contribution < 1.29 is 17.9 Å². The van der Waals surface area contributed by atoms with Crippen LogP contribution in [-0.2, 0) is 14.8 Å². The van der Waals surface area contributed by atoms with Gasteiger partial charge in [0.05, 0.1) is 17.6 Å². The molecule has 0 radical (unpaired) electrons. The second kappa shape index (κ2) is 6.96. The first-order valence-corrected chi connectivity index (χ1v) is 8.61. The molecule has 0 aliphatic rings. The van der Waals surface area contributed by atoms with Crippen molar-refractivity contribution in [3.63, 3.8) is 0 Å². The highest BCUT2D eigenvalue weighted by atomic mass is 32.2. The molecule has 0 atom stereocenters. The number of esters is 1. The van der Waals surface area contributed by atoms with Gasteiger partial charge in [0.25, 0.3) is 0 Å². The Morgan fingerprint density at radius 3 is 2.65 bits per heavy atom. The number of hydrogen-bond acceptors (Lipinski definition) is 6. The topological polar surface area (TPSA) is 89.7 Å². The molecule has 0 aliphatic heterocycles. The number of nitrogen functional groups attached to an aromatic ring is 1. The van der Waals surface area contributed by atoms with Gasteiger partial charge in [-0.2, -0.15) is 11.8 Å². The van der Waals surface area contributed by atoms with Crippen LogP contribution < -0.4 is 5.73 Å². The maximum absolute atomic E-state index is 12.5. The molecular weight excluding hydrogens is 300 g/mol. The first-order valence-electron chi connectivity index (χ1n) is 5.77. The summed E-state index contributed by atoms with van der Waals surface area (Å²) in [5.41, 5.74) is 5.85. The highest BCUT2D eigenvalue weighted by Crippen LogP contribution is 2.22. The molecule has 1 rings (SSSR count). The summed E-state index contributed by atoms with van der Waals surface area (Å²) in [6, 6.07) is 4.08. The normalized spacial score (nSPS) is 11.6. The summed E-state index contributed by atoms with van der Waals surface area (Å²) in [6.07, 6.45) is 1.89. The van der Waals surface area contributed by atoms with Crippen LogP contribution in [0.3, 0.4) is 0 Å². The molecule has 6 nitrogen and oxygen atoms in total. The number of carbonyl (C=O) groups excluding carboxylic acids is 1. The van der Waals surface area contributed by atoms with Crippen molar-refractivity contribution in [2.75, 3.05) is 38.4 Å². The number of nitrogens with two attached hydrogens (primary N) is 1. The lowest BCUT2D eigenvalue weighted by molar-refractivity contribution is 0.0596. The smallest absolute Gasteiger partial charge is 0.339 e. The third-order valence-electron chi connectivity index (χ3n) is 2.71. The number of sulfonamides is 1. The van der Waals surface area contributed by atoms with Gasteiger partial charge >= 0.3 is 5.97 Å². The van der Waals surface area contributed by atoms with Crippen molar-refractivity contribution >= 4 is 33.4 Å². The number of anilines is 1. The number of thioether (sulfide) groups is 1. The van der Waals surface area contributed by atoms with Gasteiger partial charge < -0.3 is 10.5 Å². The third kappa shape index (κ3) is 3.65. The minimum Gasteiger partial charge on any atom is -0.465 e. The molecule has 0 saturated heterocycles. The first-order chi connectivity index (χ1) is 9.34. The fourth-order valence-corrected chi connectivity index (χ4v) is 3.45. The van der Waals surface area contributed by atoms with E-state index in [0.717, 1.165) is 0 Å². The molecule has 0 saturated carbocycles. The van der Waals surface area contributed by atoms with E-state index in [2.05, 4.69) is 4.74 Å². The number of benzene rings is 1. The van der Waals surface area contributed by atoms with Crippen LogP contribution in [-0.4, -0.2) is 51.4 Å². The Labute approximate surface area is 123 Å². The Bertz CT molecular complexity index is 587. The minimum atomic E-state index is -3.75. The molecule has 1 aromatic carbocycles. The van der Waals surface area contributed by atoms with Gasteiger partial charge in [0, 0.05) is 25.0 Å². The molecule has 0 heterocycles. The van der Waals surface area contributed by atoms with Crippen LogP contribution in [0.15, 0.2) is 23.1 Å². The number of ether oxygens (including phenoxy) is 1. The van der Waals surface area contributed by atoms with E-state index in [9.17, 15) is 13.2 Å². The van der Waals surface area contributed by atoms with Crippen LogP contribution in [0, 0.1) is 0 Å². The number of carbonyl (C=O) groups is 1. The second-order valence-electron chi connectivity index (χ2n) is 4.07. The predicted octanol–water partition coefficient (Wildman–Crippen LogP) is 1.04. The average molecular weight is 318 g/mol. The highest BCUT2D eigenvalue weighted by Gasteiger charge is 2.26. The molecule has 0 bridgehead atoms. The molecule has 2 N–H and O–H groups in total. The average Bonchev–Trinajstić information content (AvgIpc) is 2.43. The van der Waals surface area contributed by atoms with Crippen LogP contribution in [0.5, 0.6) is 0 Å². The Balaban J connectivity index is 3.27. The molecule has 20 heavy (non-hydrogen) atoms. The van der Waals surface area contributed by atoms with Gasteiger partial charge in [-0.1, -0.05) is 0 Å². The monoisotopic (exact) mass is 318 g/mol. The van der Waals surface area contributed by atoms with E-state index in [1.165, 1.54) is 36.7 Å². The molecule has 112 valence electrons. The van der Waals surface area contributed by atoms with E-state index in [4.69, 9.17) is 5.73 Å². The Morgan fingerprint density at radius 1 is 1.45 bits per heavy atom. The van der Waals surface area contributed by atoms with Crippen molar-refractivity contribution in [3.05, 3.63) is 23.8 Å². The lowest BCUT2D eigenvalue weighted by Crippen LogP contribution is -2.30. The molecule has 0 amide bonds. The quantitative estimate of drug-likeness (QED) is 0.622. The fraction of sp³-hybridized carbons (Fsp3) is 0.417. The maximum Gasteiger partial charge on any atom is 0.339 e. The molecular formula is C12H18N2O4S2. The van der Waals surface area contributed by atoms with Crippen molar-refractivity contribution in [1.82, 2.24) is 4.31 Å². The molecule has 0 unspecified atom stereocenters.